The third-order valence-corrected chi connectivity index (χ3v) is 13.2. The molecule has 49 heavy (non-hydrogen) atoms. The van der Waals surface area contributed by atoms with Gasteiger partial charge >= 0.3 is 0 Å². The van der Waals surface area contributed by atoms with Crippen molar-refractivity contribution in [1.29, 1.82) is 0 Å². The molecule has 8 nitrogen and oxygen atoms in total. The van der Waals surface area contributed by atoms with Crippen molar-refractivity contribution in [3.63, 3.8) is 0 Å². The first-order valence-corrected chi connectivity index (χ1v) is 19.1. The molecule has 3 aliphatic heterocycles. The zero-order valence-electron chi connectivity index (χ0n) is 27.8. The number of fused-ring (bicyclic) bond motifs is 3. The van der Waals surface area contributed by atoms with Gasteiger partial charge in [-0.1, -0.05) is 42.8 Å². The Morgan fingerprint density at radius 1 is 1.00 bits per heavy atom. The largest absolute Gasteiger partial charge is 0.338 e. The van der Waals surface area contributed by atoms with Crippen LogP contribution in [0.1, 0.15) is 79.7 Å². The molecule has 3 atom stereocenters. The lowest BCUT2D eigenvalue weighted by Gasteiger charge is -2.45. The van der Waals surface area contributed by atoms with E-state index in [4.69, 9.17) is 16.6 Å². The van der Waals surface area contributed by atoms with Gasteiger partial charge in [-0.2, -0.15) is 0 Å². The van der Waals surface area contributed by atoms with Gasteiger partial charge in [-0.3, -0.25) is 9.69 Å². The van der Waals surface area contributed by atoms with Gasteiger partial charge in [-0.15, -0.1) is 0 Å². The second-order valence-electron chi connectivity index (χ2n) is 13.9. The summed E-state index contributed by atoms with van der Waals surface area (Å²) in [5.74, 6) is -0.696. The number of piperidine rings is 2. The van der Waals surface area contributed by atoms with Crippen LogP contribution in [0.15, 0.2) is 65.6 Å². The fourth-order valence-electron chi connectivity index (χ4n) is 8.77. The molecule has 3 aromatic carbocycles. The van der Waals surface area contributed by atoms with Crippen LogP contribution in [0.5, 0.6) is 0 Å². The molecule has 12 heteroatoms. The first-order chi connectivity index (χ1) is 23.5. The average molecular weight is 710 g/mol. The highest BCUT2D eigenvalue weighted by Crippen LogP contribution is 2.45. The van der Waals surface area contributed by atoms with Crippen LogP contribution in [-0.2, 0) is 15.4 Å². The molecule has 0 spiro atoms. The predicted molar refractivity (Wildman–Crippen MR) is 186 cm³/mol. The van der Waals surface area contributed by atoms with Crippen molar-refractivity contribution >= 4 is 38.6 Å². The van der Waals surface area contributed by atoms with Gasteiger partial charge in [0.2, 0.25) is 10.0 Å². The summed E-state index contributed by atoms with van der Waals surface area (Å²) in [6.07, 6.45) is 6.39. The third-order valence-electron chi connectivity index (χ3n) is 11.2. The number of rotatable bonds is 9. The van der Waals surface area contributed by atoms with E-state index in [0.29, 0.717) is 44.1 Å². The molecule has 3 aliphatic rings. The van der Waals surface area contributed by atoms with Gasteiger partial charge in [0.15, 0.2) is 0 Å². The van der Waals surface area contributed by atoms with Gasteiger partial charge < -0.3 is 9.47 Å². The van der Waals surface area contributed by atoms with E-state index in [9.17, 15) is 17.6 Å². The smallest absolute Gasteiger partial charge is 0.256 e. The van der Waals surface area contributed by atoms with Crippen molar-refractivity contribution in [1.82, 2.24) is 24.1 Å². The Balaban J connectivity index is 1.09. The van der Waals surface area contributed by atoms with E-state index in [1.165, 1.54) is 11.6 Å². The van der Waals surface area contributed by atoms with E-state index in [0.717, 1.165) is 67.7 Å². The first-order valence-electron chi connectivity index (χ1n) is 17.2. The molecular weight excluding hydrogens is 668 g/mol. The Morgan fingerprint density at radius 2 is 1.71 bits per heavy atom. The van der Waals surface area contributed by atoms with E-state index in [2.05, 4.69) is 39.3 Å². The van der Waals surface area contributed by atoms with Crippen molar-refractivity contribution in [2.24, 2.45) is 0 Å². The molecule has 0 saturated carbocycles. The Morgan fingerprint density at radius 3 is 2.41 bits per heavy atom. The molecule has 0 radical (unpaired) electrons. The second kappa shape index (κ2) is 13.4. The molecule has 7 rings (SSSR count). The summed E-state index contributed by atoms with van der Waals surface area (Å²) in [4.78, 5) is 22.4. The molecule has 3 saturated heterocycles. The minimum Gasteiger partial charge on any atom is -0.338 e. The molecule has 260 valence electrons. The number of sulfonamides is 1. The molecule has 4 aromatic rings. The minimum atomic E-state index is -4.02. The SMILES string of the molecule is CCNS(=O)(=O)c1cc(C(=O)N2CCC(CCN3[C@@H]4CC[C@H]3C[C@@H](n3c(C)nc5ccccc53)C4)(c3cccc(F)c3)CC2)c(F)cc1Cl. The summed E-state index contributed by atoms with van der Waals surface area (Å²) in [5, 5.41) is -0.287. The van der Waals surface area contributed by atoms with Gasteiger partial charge in [0.05, 0.1) is 21.6 Å². The Kier molecular flexibility index (Phi) is 9.32. The van der Waals surface area contributed by atoms with Crippen LogP contribution in [-0.4, -0.2) is 71.9 Å². The Hall–Kier alpha value is -3.38. The van der Waals surface area contributed by atoms with Crippen LogP contribution in [0.4, 0.5) is 8.78 Å². The van der Waals surface area contributed by atoms with Crippen molar-refractivity contribution < 1.29 is 22.0 Å². The average Bonchev–Trinajstić information content (AvgIpc) is 3.53. The third kappa shape index (κ3) is 6.39. The highest BCUT2D eigenvalue weighted by Gasteiger charge is 2.44. The molecule has 0 unspecified atom stereocenters. The van der Waals surface area contributed by atoms with Crippen LogP contribution in [0.3, 0.4) is 0 Å². The van der Waals surface area contributed by atoms with Crippen LogP contribution < -0.4 is 4.72 Å². The summed E-state index contributed by atoms with van der Waals surface area (Å²) >= 11 is 6.10. The zero-order valence-corrected chi connectivity index (χ0v) is 29.4. The van der Waals surface area contributed by atoms with Crippen molar-refractivity contribution in [3.8, 4) is 0 Å². The van der Waals surface area contributed by atoms with Gasteiger partial charge in [0.1, 0.15) is 22.4 Å². The lowest BCUT2D eigenvalue weighted by Crippen LogP contribution is -2.49. The number of nitrogens with zero attached hydrogens (tertiary/aromatic N) is 4. The highest BCUT2D eigenvalue weighted by molar-refractivity contribution is 7.89. The number of carbonyl (C=O) groups is 1. The normalized spacial score (nSPS) is 22.6. The number of aryl methyl sites for hydroxylation is 1. The number of halogens is 3. The number of likely N-dealkylation sites (tertiary alicyclic amines) is 1. The monoisotopic (exact) mass is 709 g/mol. The molecule has 2 bridgehead atoms. The number of carbonyl (C=O) groups excluding carboxylic acids is 1. The standard InChI is InChI=1S/C37H42ClF2N5O3S/c1-3-41-49(47,48)35-22-30(32(40)23-31(35)38)36(46)43-16-13-37(14-17-43,25-7-6-8-26(39)19-25)15-18-44-27-11-12-28(44)21-29(20-27)45-24(2)42-33-9-4-5-10-34(33)45/h4-10,19,22-23,27-29,41H,3,11-18,20-21H2,1-2H3/t27-,28+,29+. The maximum absolute atomic E-state index is 15.1. The maximum Gasteiger partial charge on any atom is 0.256 e. The van der Waals surface area contributed by atoms with Gasteiger partial charge in [0.25, 0.3) is 5.91 Å². The fraction of sp³-hybridized carbons (Fsp3) is 0.459. The van der Waals surface area contributed by atoms with Crippen molar-refractivity contribution in [2.75, 3.05) is 26.2 Å². The van der Waals surface area contributed by atoms with Crippen LogP contribution in [0.25, 0.3) is 11.0 Å². The van der Waals surface area contributed by atoms with Crippen LogP contribution in [0.2, 0.25) is 5.02 Å². The van der Waals surface area contributed by atoms with E-state index in [1.54, 1.807) is 24.0 Å². The second-order valence-corrected chi connectivity index (χ2v) is 16.0. The molecule has 0 aliphatic carbocycles. The van der Waals surface area contributed by atoms with Crippen LogP contribution in [0, 0.1) is 18.6 Å². The first kappa shape index (κ1) is 34.1. The van der Waals surface area contributed by atoms with Crippen LogP contribution >= 0.6 is 11.6 Å². The topological polar surface area (TPSA) is 87.5 Å². The zero-order chi connectivity index (χ0) is 34.5. The lowest BCUT2D eigenvalue weighted by atomic mass is 9.70. The summed E-state index contributed by atoms with van der Waals surface area (Å²) in [6, 6.07) is 18.3. The molecule has 3 fully saturated rings. The molecule has 1 amide bonds. The predicted octanol–water partition coefficient (Wildman–Crippen LogP) is 7.01. The number of hydrogen-bond acceptors (Lipinski definition) is 5. The van der Waals surface area contributed by atoms with E-state index in [-0.39, 0.29) is 33.3 Å². The van der Waals surface area contributed by atoms with E-state index >= 15 is 4.39 Å². The summed E-state index contributed by atoms with van der Waals surface area (Å²) in [7, 11) is -4.02. The molecule has 4 heterocycles. The number of hydrogen-bond donors (Lipinski definition) is 1. The number of nitrogens with one attached hydrogen (secondary N) is 1. The quantitative estimate of drug-likeness (QED) is 0.202. The maximum atomic E-state index is 15.1. The summed E-state index contributed by atoms with van der Waals surface area (Å²) < 4.78 is 59.9. The number of aromatic nitrogens is 2. The fourth-order valence-corrected chi connectivity index (χ4v) is 10.3. The van der Waals surface area contributed by atoms with Gasteiger partial charge in [0, 0.05) is 37.8 Å². The van der Waals surface area contributed by atoms with Crippen molar-refractivity contribution in [2.45, 2.75) is 87.2 Å². The summed E-state index contributed by atoms with van der Waals surface area (Å²) in [5.41, 5.74) is 2.44. The number of amides is 1. The van der Waals surface area contributed by atoms with Crippen molar-refractivity contribution in [3.05, 3.63) is 94.3 Å². The van der Waals surface area contributed by atoms with Gasteiger partial charge in [-0.25, -0.2) is 26.9 Å². The van der Waals surface area contributed by atoms with Gasteiger partial charge in [-0.05, 0) is 106 Å². The number of benzene rings is 3. The Bertz CT molecular complexity index is 1980. The summed E-state index contributed by atoms with van der Waals surface area (Å²) in [6.45, 7) is 5.36. The van der Waals surface area contributed by atoms with E-state index in [1.807, 2.05) is 12.1 Å². The van der Waals surface area contributed by atoms with E-state index < -0.39 is 21.7 Å². The Labute approximate surface area is 291 Å². The molecular formula is C37H42ClF2N5O3S. The minimum absolute atomic E-state index is 0.120. The number of para-hydroxylation sites is 2. The molecule has 1 N–H and O–H groups in total. The lowest BCUT2D eigenvalue weighted by molar-refractivity contribution is 0.0602. The number of imidazole rings is 1. The highest BCUT2D eigenvalue weighted by atomic mass is 35.5. The molecule has 1 aromatic heterocycles.